The molecule has 0 atom stereocenters. The minimum atomic E-state index is -0.434. The first-order valence-corrected chi connectivity index (χ1v) is 12.7. The Labute approximate surface area is 213 Å². The molecular formula is C33H31ClO. The van der Waals surface area contributed by atoms with Gasteiger partial charge in [0.15, 0.2) is 0 Å². The quantitative estimate of drug-likeness (QED) is 0.267. The molecule has 0 saturated heterocycles. The van der Waals surface area contributed by atoms with Crippen molar-refractivity contribution in [3.8, 4) is 33.4 Å². The molecule has 0 heterocycles. The van der Waals surface area contributed by atoms with Crippen LogP contribution in [-0.2, 0) is 10.8 Å². The highest BCUT2D eigenvalue weighted by atomic mass is 35.5. The summed E-state index contributed by atoms with van der Waals surface area (Å²) in [5.74, 6) is 0. The molecule has 0 spiro atoms. The van der Waals surface area contributed by atoms with Gasteiger partial charge in [0.1, 0.15) is 0 Å². The van der Waals surface area contributed by atoms with Gasteiger partial charge in [0.2, 0.25) is 0 Å². The van der Waals surface area contributed by atoms with Crippen molar-refractivity contribution in [3.63, 3.8) is 0 Å². The number of carbonyl (C=O) groups is 1. The van der Waals surface area contributed by atoms with Crippen molar-refractivity contribution in [2.45, 2.75) is 51.4 Å². The van der Waals surface area contributed by atoms with Gasteiger partial charge in [0.25, 0.3) is 5.24 Å². The zero-order chi connectivity index (χ0) is 24.8. The molecule has 0 unspecified atom stereocenters. The van der Waals surface area contributed by atoms with Gasteiger partial charge in [-0.25, -0.2) is 0 Å². The number of carbonyl (C=O) groups excluding carboxylic acids is 1. The molecule has 5 rings (SSSR count). The summed E-state index contributed by atoms with van der Waals surface area (Å²) in [6.45, 7) is 9.48. The lowest BCUT2D eigenvalue weighted by Crippen LogP contribution is -2.33. The first-order valence-electron chi connectivity index (χ1n) is 12.3. The molecule has 0 bridgehead atoms. The maximum atomic E-state index is 11.5. The van der Waals surface area contributed by atoms with Gasteiger partial charge in [0.05, 0.1) is 0 Å². The van der Waals surface area contributed by atoms with E-state index in [1.807, 2.05) is 12.1 Å². The normalized spacial score (nSPS) is 15.9. The largest absolute Gasteiger partial charge is 0.276 e. The van der Waals surface area contributed by atoms with E-state index < -0.39 is 5.24 Å². The van der Waals surface area contributed by atoms with Crippen LogP contribution in [0.15, 0.2) is 91.0 Å². The third kappa shape index (κ3) is 4.46. The number of hydrogen-bond acceptors (Lipinski definition) is 1. The van der Waals surface area contributed by atoms with Crippen LogP contribution in [0, 0.1) is 0 Å². The summed E-state index contributed by atoms with van der Waals surface area (Å²) < 4.78 is 0. The van der Waals surface area contributed by atoms with Crippen molar-refractivity contribution < 1.29 is 4.79 Å². The lowest BCUT2D eigenvalue weighted by molar-refractivity contribution is 0.108. The first-order chi connectivity index (χ1) is 16.7. The lowest BCUT2D eigenvalue weighted by Gasteiger charge is -2.42. The second-order valence-corrected chi connectivity index (χ2v) is 11.3. The van der Waals surface area contributed by atoms with Crippen molar-refractivity contribution in [2.24, 2.45) is 0 Å². The summed E-state index contributed by atoms with van der Waals surface area (Å²) in [7, 11) is 0. The van der Waals surface area contributed by atoms with Crippen molar-refractivity contribution in [2.75, 3.05) is 0 Å². The predicted molar refractivity (Wildman–Crippen MR) is 148 cm³/mol. The summed E-state index contributed by atoms with van der Waals surface area (Å²) in [4.78, 5) is 11.5. The number of halogens is 1. The fraction of sp³-hybridized carbons (Fsp3) is 0.242. The molecule has 0 fully saturated rings. The van der Waals surface area contributed by atoms with Gasteiger partial charge >= 0.3 is 0 Å². The minimum Gasteiger partial charge on any atom is -0.276 e. The topological polar surface area (TPSA) is 17.1 Å². The Morgan fingerprint density at radius 2 is 1.20 bits per heavy atom. The highest BCUT2D eigenvalue weighted by Crippen LogP contribution is 2.47. The van der Waals surface area contributed by atoms with E-state index in [4.69, 9.17) is 11.6 Å². The average molecular weight is 479 g/mol. The van der Waals surface area contributed by atoms with Gasteiger partial charge < -0.3 is 0 Å². The molecule has 0 N–H and O–H groups in total. The average Bonchev–Trinajstić information content (AvgIpc) is 2.87. The number of benzene rings is 4. The van der Waals surface area contributed by atoms with Crippen LogP contribution in [0.4, 0.5) is 0 Å². The Morgan fingerprint density at radius 1 is 0.600 bits per heavy atom. The zero-order valence-corrected chi connectivity index (χ0v) is 21.6. The second kappa shape index (κ2) is 8.81. The smallest absolute Gasteiger partial charge is 0.252 e. The van der Waals surface area contributed by atoms with E-state index in [2.05, 4.69) is 94.4 Å². The molecule has 0 aliphatic heterocycles. The van der Waals surface area contributed by atoms with E-state index in [1.54, 1.807) is 12.1 Å². The van der Waals surface area contributed by atoms with Crippen LogP contribution >= 0.6 is 11.6 Å². The Balaban J connectivity index is 1.69. The Bertz CT molecular complexity index is 1400. The number of hydrogen-bond donors (Lipinski definition) is 0. The maximum Gasteiger partial charge on any atom is 0.252 e. The molecule has 0 radical (unpaired) electrons. The summed E-state index contributed by atoms with van der Waals surface area (Å²) in [5, 5.41) is -0.434. The summed E-state index contributed by atoms with van der Waals surface area (Å²) >= 11 is 5.66. The van der Waals surface area contributed by atoms with Gasteiger partial charge in [-0.1, -0.05) is 100 Å². The van der Waals surface area contributed by atoms with Crippen LogP contribution in [0.1, 0.15) is 62.0 Å². The van der Waals surface area contributed by atoms with E-state index in [9.17, 15) is 4.79 Å². The zero-order valence-electron chi connectivity index (χ0n) is 20.9. The summed E-state index contributed by atoms with van der Waals surface area (Å²) in [6.07, 6.45) is 2.39. The van der Waals surface area contributed by atoms with Gasteiger partial charge in [-0.05, 0) is 98.0 Å². The molecule has 1 aliphatic rings. The van der Waals surface area contributed by atoms with Gasteiger partial charge in [-0.15, -0.1) is 0 Å². The van der Waals surface area contributed by atoms with Crippen LogP contribution in [-0.4, -0.2) is 5.24 Å². The van der Waals surface area contributed by atoms with Crippen LogP contribution in [0.3, 0.4) is 0 Å². The first kappa shape index (κ1) is 23.6. The van der Waals surface area contributed by atoms with Crippen LogP contribution in [0.25, 0.3) is 33.4 Å². The lowest BCUT2D eigenvalue weighted by atomic mass is 9.63. The molecule has 4 aromatic rings. The molecule has 1 aliphatic carbocycles. The molecule has 176 valence electrons. The minimum absolute atomic E-state index is 0.148. The fourth-order valence-electron chi connectivity index (χ4n) is 5.38. The van der Waals surface area contributed by atoms with E-state index in [0.29, 0.717) is 5.56 Å². The second-order valence-electron chi connectivity index (χ2n) is 11.0. The fourth-order valence-corrected chi connectivity index (χ4v) is 5.51. The highest BCUT2D eigenvalue weighted by molar-refractivity contribution is 6.67. The van der Waals surface area contributed by atoms with E-state index >= 15 is 0 Å². The molecule has 0 amide bonds. The van der Waals surface area contributed by atoms with Crippen molar-refractivity contribution in [1.29, 1.82) is 0 Å². The standard InChI is InChI=1S/C33H31ClO/c1-32(2)18-19-33(3,4)30-21-26(15-17-29(30)32)28-20-25(22-10-12-24(13-11-22)31(34)35)14-16-27(28)23-8-6-5-7-9-23/h5-17,20-21H,18-19H2,1-4H3. The van der Waals surface area contributed by atoms with Gasteiger partial charge in [-0.2, -0.15) is 0 Å². The third-order valence-corrected chi connectivity index (χ3v) is 7.93. The molecule has 0 aromatic heterocycles. The molecule has 4 aromatic carbocycles. The molecule has 0 saturated carbocycles. The van der Waals surface area contributed by atoms with Gasteiger partial charge in [0, 0.05) is 5.56 Å². The Hall–Kier alpha value is -3.16. The van der Waals surface area contributed by atoms with Crippen molar-refractivity contribution in [3.05, 3.63) is 108 Å². The summed E-state index contributed by atoms with van der Waals surface area (Å²) in [5.41, 5.74) is 10.8. The van der Waals surface area contributed by atoms with E-state index in [0.717, 1.165) is 11.1 Å². The van der Waals surface area contributed by atoms with Crippen molar-refractivity contribution in [1.82, 2.24) is 0 Å². The highest BCUT2D eigenvalue weighted by Gasteiger charge is 2.37. The van der Waals surface area contributed by atoms with Crippen LogP contribution in [0.2, 0.25) is 0 Å². The molecular weight excluding hydrogens is 448 g/mol. The Morgan fingerprint density at radius 3 is 1.86 bits per heavy atom. The molecule has 35 heavy (non-hydrogen) atoms. The van der Waals surface area contributed by atoms with Crippen LogP contribution in [0.5, 0.6) is 0 Å². The van der Waals surface area contributed by atoms with Crippen LogP contribution < -0.4 is 0 Å². The third-order valence-electron chi connectivity index (χ3n) is 7.71. The number of fused-ring (bicyclic) bond motifs is 1. The molecule has 1 nitrogen and oxygen atoms in total. The summed E-state index contributed by atoms with van der Waals surface area (Å²) in [6, 6.07) is 31.8. The molecule has 2 heteroatoms. The van der Waals surface area contributed by atoms with Gasteiger partial charge in [-0.3, -0.25) is 4.79 Å². The van der Waals surface area contributed by atoms with E-state index in [-0.39, 0.29) is 10.8 Å². The monoisotopic (exact) mass is 478 g/mol. The van der Waals surface area contributed by atoms with Crippen molar-refractivity contribution >= 4 is 16.8 Å². The number of rotatable bonds is 4. The Kier molecular flexibility index (Phi) is 5.93. The SMILES string of the molecule is CC1(C)CCC(C)(C)c2cc(-c3cc(-c4ccc(C(=O)Cl)cc4)ccc3-c3ccccc3)ccc21. The van der Waals surface area contributed by atoms with E-state index in [1.165, 1.54) is 46.2 Å². The maximum absolute atomic E-state index is 11.5. The predicted octanol–water partition coefficient (Wildman–Crippen LogP) is 9.42.